The van der Waals surface area contributed by atoms with E-state index in [4.69, 9.17) is 16.3 Å². The van der Waals surface area contributed by atoms with Gasteiger partial charge in [-0.1, -0.05) is 12.8 Å². The number of nitrogens with zero attached hydrogens (tertiary/aromatic N) is 1. The quantitative estimate of drug-likeness (QED) is 0.611. The average Bonchev–Trinajstić information content (AvgIpc) is 2.85. The van der Waals surface area contributed by atoms with Crippen LogP contribution < -0.4 is 5.32 Å². The summed E-state index contributed by atoms with van der Waals surface area (Å²) in [7, 11) is 0. The molecular weight excluding hydrogens is 248 g/mol. The Labute approximate surface area is 113 Å². The lowest BCUT2D eigenvalue weighted by atomic mass is 10.0. The molecule has 0 saturated carbocycles. The number of carbonyl (C=O) groups is 2. The van der Waals surface area contributed by atoms with Crippen LogP contribution in [0.2, 0.25) is 0 Å². The van der Waals surface area contributed by atoms with Crippen LogP contribution in [0, 0.1) is 18.3 Å². The summed E-state index contributed by atoms with van der Waals surface area (Å²) in [6.07, 6.45) is 5.91. The Kier molecular flexibility index (Phi) is 6.33. The Balaban J connectivity index is 2.63. The van der Waals surface area contributed by atoms with E-state index in [9.17, 15) is 9.59 Å². The van der Waals surface area contributed by atoms with E-state index in [1.54, 1.807) is 0 Å². The molecule has 1 aliphatic heterocycles. The third-order valence-corrected chi connectivity index (χ3v) is 3.08. The number of carboxylic acid groups (broad SMARTS) is 1. The van der Waals surface area contributed by atoms with Crippen LogP contribution in [0.5, 0.6) is 0 Å². The van der Waals surface area contributed by atoms with Crippen LogP contribution in [0.25, 0.3) is 0 Å². The molecule has 1 aliphatic rings. The summed E-state index contributed by atoms with van der Waals surface area (Å²) in [5, 5.41) is 11.7. The summed E-state index contributed by atoms with van der Waals surface area (Å²) >= 11 is 0. The lowest BCUT2D eigenvalue weighted by molar-refractivity contribution is -0.143. The van der Waals surface area contributed by atoms with Crippen LogP contribution in [0.15, 0.2) is 0 Å². The van der Waals surface area contributed by atoms with Gasteiger partial charge in [0.05, 0.1) is 32.2 Å². The van der Waals surface area contributed by atoms with Crippen molar-refractivity contribution in [2.75, 3.05) is 32.8 Å². The second-order valence-electron chi connectivity index (χ2n) is 4.50. The Morgan fingerprint density at radius 2 is 2.26 bits per heavy atom. The lowest BCUT2D eigenvalue weighted by Gasteiger charge is -2.29. The van der Waals surface area contributed by atoms with Crippen molar-refractivity contribution < 1.29 is 19.4 Å². The molecule has 0 aliphatic carbocycles. The maximum absolute atomic E-state index is 11.7. The number of rotatable bonds is 7. The Bertz CT molecular complexity index is 364. The van der Waals surface area contributed by atoms with E-state index in [0.29, 0.717) is 13.2 Å². The van der Waals surface area contributed by atoms with Gasteiger partial charge in [0, 0.05) is 6.04 Å². The van der Waals surface area contributed by atoms with E-state index in [2.05, 4.69) is 11.2 Å². The highest BCUT2D eigenvalue weighted by molar-refractivity contribution is 5.78. The maximum atomic E-state index is 11.7. The third-order valence-electron chi connectivity index (χ3n) is 3.08. The Morgan fingerprint density at radius 3 is 2.84 bits per heavy atom. The predicted octanol–water partition coefficient (Wildman–Crippen LogP) is -0.453. The minimum atomic E-state index is -0.882. The number of carboxylic acids is 1. The summed E-state index contributed by atoms with van der Waals surface area (Å²) in [5.41, 5.74) is 0. The first-order chi connectivity index (χ1) is 9.10. The van der Waals surface area contributed by atoms with Crippen LogP contribution >= 0.6 is 0 Å². The number of hydrogen-bond acceptors (Lipinski definition) is 4. The zero-order chi connectivity index (χ0) is 14.3. The molecule has 0 bridgehead atoms. The number of amides is 1. The minimum Gasteiger partial charge on any atom is -0.481 e. The van der Waals surface area contributed by atoms with Gasteiger partial charge in [-0.05, 0) is 13.0 Å². The maximum Gasteiger partial charge on any atom is 0.310 e. The molecule has 1 fully saturated rings. The minimum absolute atomic E-state index is 0.146. The van der Waals surface area contributed by atoms with Gasteiger partial charge in [0.2, 0.25) is 5.91 Å². The number of hydrogen-bond donors (Lipinski definition) is 2. The molecule has 2 atom stereocenters. The highest BCUT2D eigenvalue weighted by atomic mass is 16.5. The lowest BCUT2D eigenvalue weighted by Crippen LogP contribution is -2.48. The fraction of sp³-hybridized carbons (Fsp3) is 0.692. The molecule has 1 heterocycles. The SMILES string of the molecule is C#CCNC(=O)CN(CCC)C1COCC1C(=O)O. The van der Waals surface area contributed by atoms with Gasteiger partial charge in [0.25, 0.3) is 0 Å². The van der Waals surface area contributed by atoms with E-state index in [0.717, 1.165) is 6.42 Å². The van der Waals surface area contributed by atoms with Crippen molar-refractivity contribution in [2.24, 2.45) is 5.92 Å². The van der Waals surface area contributed by atoms with Gasteiger partial charge >= 0.3 is 5.97 Å². The highest BCUT2D eigenvalue weighted by Gasteiger charge is 2.38. The summed E-state index contributed by atoms with van der Waals surface area (Å²) in [6.45, 7) is 3.51. The van der Waals surface area contributed by atoms with Gasteiger partial charge in [-0.2, -0.15) is 0 Å². The number of terminal acetylenes is 1. The van der Waals surface area contributed by atoms with Crippen molar-refractivity contribution in [1.29, 1.82) is 0 Å². The molecule has 6 heteroatoms. The van der Waals surface area contributed by atoms with Crippen molar-refractivity contribution in [1.82, 2.24) is 10.2 Å². The second-order valence-corrected chi connectivity index (χ2v) is 4.50. The molecule has 0 spiro atoms. The molecule has 2 N–H and O–H groups in total. The van der Waals surface area contributed by atoms with Gasteiger partial charge in [0.1, 0.15) is 0 Å². The molecule has 106 valence electrons. The number of carbonyl (C=O) groups excluding carboxylic acids is 1. The van der Waals surface area contributed by atoms with Crippen molar-refractivity contribution in [3.8, 4) is 12.3 Å². The molecule has 1 saturated heterocycles. The molecule has 0 aromatic carbocycles. The second kappa shape index (κ2) is 7.77. The smallest absolute Gasteiger partial charge is 0.310 e. The van der Waals surface area contributed by atoms with E-state index in [1.807, 2.05) is 11.8 Å². The molecule has 1 rings (SSSR count). The van der Waals surface area contributed by atoms with Gasteiger partial charge < -0.3 is 15.2 Å². The van der Waals surface area contributed by atoms with Gasteiger partial charge in [-0.25, -0.2) is 0 Å². The molecular formula is C13H20N2O4. The van der Waals surface area contributed by atoms with E-state index >= 15 is 0 Å². The van der Waals surface area contributed by atoms with Crippen molar-refractivity contribution in [2.45, 2.75) is 19.4 Å². The third kappa shape index (κ3) is 4.54. The first-order valence-corrected chi connectivity index (χ1v) is 6.34. The molecule has 6 nitrogen and oxygen atoms in total. The van der Waals surface area contributed by atoms with Crippen molar-refractivity contribution in [3.05, 3.63) is 0 Å². The molecule has 19 heavy (non-hydrogen) atoms. The van der Waals surface area contributed by atoms with Crippen LogP contribution in [0.3, 0.4) is 0 Å². The van der Waals surface area contributed by atoms with E-state index in [1.165, 1.54) is 0 Å². The molecule has 0 aromatic rings. The summed E-state index contributed by atoms with van der Waals surface area (Å²) in [6, 6.07) is -0.256. The molecule has 0 aromatic heterocycles. The normalized spacial score (nSPS) is 22.2. The summed E-state index contributed by atoms with van der Waals surface area (Å²) in [5.74, 6) is 0.680. The summed E-state index contributed by atoms with van der Waals surface area (Å²) < 4.78 is 5.23. The zero-order valence-electron chi connectivity index (χ0n) is 11.1. The van der Waals surface area contributed by atoms with Crippen LogP contribution in [-0.2, 0) is 14.3 Å². The Hall–Kier alpha value is -1.58. The van der Waals surface area contributed by atoms with Crippen LogP contribution in [-0.4, -0.2) is 60.8 Å². The van der Waals surface area contributed by atoms with Gasteiger partial charge in [0.15, 0.2) is 0 Å². The highest BCUT2D eigenvalue weighted by Crippen LogP contribution is 2.20. The number of aliphatic carboxylic acids is 1. The molecule has 2 unspecified atom stereocenters. The van der Waals surface area contributed by atoms with Crippen molar-refractivity contribution >= 4 is 11.9 Å². The average molecular weight is 268 g/mol. The summed E-state index contributed by atoms with van der Waals surface area (Å²) in [4.78, 5) is 24.7. The fourth-order valence-electron chi connectivity index (χ4n) is 2.18. The van der Waals surface area contributed by atoms with Crippen LogP contribution in [0.4, 0.5) is 0 Å². The van der Waals surface area contributed by atoms with Gasteiger partial charge in [-0.15, -0.1) is 6.42 Å². The standard InChI is InChI=1S/C13H20N2O4/c1-3-5-14-12(16)7-15(6-4-2)11-9-19-8-10(11)13(17)18/h1,10-11H,4-9H2,2H3,(H,14,16)(H,17,18). The van der Waals surface area contributed by atoms with Crippen molar-refractivity contribution in [3.63, 3.8) is 0 Å². The topological polar surface area (TPSA) is 78.9 Å². The first-order valence-electron chi connectivity index (χ1n) is 6.34. The Morgan fingerprint density at radius 1 is 1.53 bits per heavy atom. The molecule has 0 radical (unpaired) electrons. The van der Waals surface area contributed by atoms with Crippen LogP contribution in [0.1, 0.15) is 13.3 Å². The largest absolute Gasteiger partial charge is 0.481 e. The van der Waals surface area contributed by atoms with E-state index < -0.39 is 11.9 Å². The predicted molar refractivity (Wildman–Crippen MR) is 69.4 cm³/mol. The number of nitrogens with one attached hydrogen (secondary N) is 1. The van der Waals surface area contributed by atoms with E-state index in [-0.39, 0.29) is 31.6 Å². The zero-order valence-corrected chi connectivity index (χ0v) is 11.1. The molecule has 1 amide bonds. The van der Waals surface area contributed by atoms with Gasteiger partial charge in [-0.3, -0.25) is 14.5 Å². The fourth-order valence-corrected chi connectivity index (χ4v) is 2.18. The number of ether oxygens (including phenoxy) is 1. The monoisotopic (exact) mass is 268 g/mol. The first kappa shape index (κ1) is 15.5.